The zero-order valence-electron chi connectivity index (χ0n) is 14.1. The molecule has 0 unspecified atom stereocenters. The molecule has 0 bridgehead atoms. The number of halogens is 2. The lowest BCUT2D eigenvalue weighted by atomic mass is 10.1. The first-order chi connectivity index (χ1) is 12.5. The van der Waals surface area contributed by atoms with Crippen LogP contribution in [0.4, 0.5) is 15.0 Å². The number of aromatic nitrogens is 1. The van der Waals surface area contributed by atoms with Gasteiger partial charge in [-0.05, 0) is 54.4 Å². The smallest absolute Gasteiger partial charge is 0.320 e. The van der Waals surface area contributed by atoms with Crippen molar-refractivity contribution < 1.29 is 9.18 Å². The van der Waals surface area contributed by atoms with E-state index in [-0.39, 0.29) is 11.8 Å². The van der Waals surface area contributed by atoms with Crippen LogP contribution in [-0.4, -0.2) is 11.0 Å². The average molecular weight is 370 g/mol. The fourth-order valence-corrected chi connectivity index (χ4v) is 2.75. The Balaban J connectivity index is 1.68. The molecule has 6 heteroatoms. The van der Waals surface area contributed by atoms with Gasteiger partial charge < -0.3 is 5.32 Å². The van der Waals surface area contributed by atoms with E-state index in [1.165, 1.54) is 12.1 Å². The van der Waals surface area contributed by atoms with Gasteiger partial charge in [-0.3, -0.25) is 5.32 Å². The van der Waals surface area contributed by atoms with Crippen LogP contribution in [-0.2, 0) is 6.54 Å². The lowest BCUT2D eigenvalue weighted by Crippen LogP contribution is -2.28. The van der Waals surface area contributed by atoms with Gasteiger partial charge in [-0.2, -0.15) is 0 Å². The van der Waals surface area contributed by atoms with Crippen molar-refractivity contribution in [2.45, 2.75) is 13.5 Å². The summed E-state index contributed by atoms with van der Waals surface area (Å²) in [5.41, 5.74) is 3.07. The highest BCUT2D eigenvalue weighted by Crippen LogP contribution is 2.23. The lowest BCUT2D eigenvalue weighted by molar-refractivity contribution is 0.251. The number of rotatable bonds is 4. The minimum Gasteiger partial charge on any atom is -0.334 e. The molecule has 0 saturated carbocycles. The Bertz CT molecular complexity index is 946. The topological polar surface area (TPSA) is 54.0 Å². The van der Waals surface area contributed by atoms with Crippen LogP contribution in [0.5, 0.6) is 0 Å². The Morgan fingerprint density at radius 3 is 2.69 bits per heavy atom. The number of benzene rings is 2. The minimum absolute atomic E-state index is 0.292. The van der Waals surface area contributed by atoms with E-state index >= 15 is 0 Å². The predicted molar refractivity (Wildman–Crippen MR) is 102 cm³/mol. The Morgan fingerprint density at radius 1 is 1.12 bits per heavy atom. The maximum atomic E-state index is 13.3. The second-order valence-electron chi connectivity index (χ2n) is 5.77. The molecule has 0 fully saturated rings. The summed E-state index contributed by atoms with van der Waals surface area (Å²) in [5, 5.41) is 6.03. The fourth-order valence-electron chi connectivity index (χ4n) is 2.55. The highest BCUT2D eigenvalue weighted by atomic mass is 35.5. The molecule has 4 nitrogen and oxygen atoms in total. The maximum absolute atomic E-state index is 13.3. The van der Waals surface area contributed by atoms with E-state index < -0.39 is 0 Å². The first-order valence-corrected chi connectivity index (χ1v) is 8.42. The van der Waals surface area contributed by atoms with E-state index in [1.54, 1.807) is 24.3 Å². The van der Waals surface area contributed by atoms with Crippen LogP contribution < -0.4 is 10.6 Å². The zero-order valence-corrected chi connectivity index (χ0v) is 14.8. The number of pyridine rings is 1. The van der Waals surface area contributed by atoms with Gasteiger partial charge >= 0.3 is 6.03 Å². The number of amides is 2. The van der Waals surface area contributed by atoms with Crippen LogP contribution in [0.3, 0.4) is 0 Å². The first kappa shape index (κ1) is 17.9. The Labute approximate surface area is 156 Å². The number of anilines is 1. The van der Waals surface area contributed by atoms with Crippen LogP contribution in [0.1, 0.15) is 11.1 Å². The molecule has 2 N–H and O–H groups in total. The fraction of sp³-hybridized carbons (Fsp3) is 0.100. The normalized spacial score (nSPS) is 10.4. The standard InChI is InChI=1S/C20H17ClFN3O/c1-13-11-15(22)9-10-16(13)18-7-4-8-19(24-18)25-20(26)23-12-14-5-2-3-6-17(14)21/h2-11H,12H2,1H3,(H2,23,24,25,26). The number of nitrogens with zero attached hydrogens (tertiary/aromatic N) is 1. The van der Waals surface area contributed by atoms with Crippen LogP contribution in [0.25, 0.3) is 11.3 Å². The highest BCUT2D eigenvalue weighted by molar-refractivity contribution is 6.31. The SMILES string of the molecule is Cc1cc(F)ccc1-c1cccc(NC(=O)NCc2ccccc2Cl)n1. The number of hydrogen-bond donors (Lipinski definition) is 2. The van der Waals surface area contributed by atoms with Gasteiger partial charge in [-0.25, -0.2) is 14.2 Å². The molecule has 3 rings (SSSR count). The molecule has 0 aliphatic carbocycles. The second-order valence-corrected chi connectivity index (χ2v) is 6.17. The molecule has 132 valence electrons. The lowest BCUT2D eigenvalue weighted by Gasteiger charge is -2.10. The Morgan fingerprint density at radius 2 is 1.92 bits per heavy atom. The molecular formula is C20H17ClFN3O. The summed E-state index contributed by atoms with van der Waals surface area (Å²) >= 11 is 6.07. The van der Waals surface area contributed by atoms with Gasteiger partial charge in [0.25, 0.3) is 0 Å². The van der Waals surface area contributed by atoms with Crippen molar-refractivity contribution in [3.05, 3.63) is 82.6 Å². The van der Waals surface area contributed by atoms with Crippen LogP contribution in [0, 0.1) is 12.7 Å². The molecule has 26 heavy (non-hydrogen) atoms. The van der Waals surface area contributed by atoms with Crippen molar-refractivity contribution >= 4 is 23.4 Å². The Hall–Kier alpha value is -2.92. The summed E-state index contributed by atoms with van der Waals surface area (Å²) < 4.78 is 13.3. The van der Waals surface area contributed by atoms with E-state index in [1.807, 2.05) is 31.2 Å². The van der Waals surface area contributed by atoms with Crippen molar-refractivity contribution in [3.8, 4) is 11.3 Å². The van der Waals surface area contributed by atoms with Gasteiger partial charge in [0.05, 0.1) is 5.69 Å². The third-order valence-corrected chi connectivity index (χ3v) is 4.22. The molecule has 2 amide bonds. The summed E-state index contributed by atoms with van der Waals surface area (Å²) in [6.45, 7) is 2.12. The van der Waals surface area contributed by atoms with E-state index in [0.29, 0.717) is 23.1 Å². The van der Waals surface area contributed by atoms with E-state index in [9.17, 15) is 9.18 Å². The van der Waals surface area contributed by atoms with Crippen molar-refractivity contribution in [1.29, 1.82) is 0 Å². The van der Waals surface area contributed by atoms with Crippen LogP contribution >= 0.6 is 11.6 Å². The molecule has 1 aromatic heterocycles. The summed E-state index contributed by atoms with van der Waals surface area (Å²) in [4.78, 5) is 16.5. The number of nitrogens with one attached hydrogen (secondary N) is 2. The molecule has 2 aromatic carbocycles. The number of carbonyl (C=O) groups excluding carboxylic acids is 1. The van der Waals surface area contributed by atoms with Gasteiger partial charge in [-0.15, -0.1) is 0 Å². The summed E-state index contributed by atoms with van der Waals surface area (Å²) in [7, 11) is 0. The van der Waals surface area contributed by atoms with Crippen LogP contribution in [0.2, 0.25) is 5.02 Å². The molecule has 0 aliphatic rings. The van der Waals surface area contributed by atoms with Gasteiger partial charge in [0.15, 0.2) is 0 Å². The summed E-state index contributed by atoms with van der Waals surface area (Å²) in [5.74, 6) is 0.113. The molecule has 0 atom stereocenters. The second kappa shape index (κ2) is 7.97. The van der Waals surface area contributed by atoms with E-state index in [0.717, 1.165) is 16.7 Å². The first-order valence-electron chi connectivity index (χ1n) is 8.05. The van der Waals surface area contributed by atoms with Crippen molar-refractivity contribution in [2.75, 3.05) is 5.32 Å². The van der Waals surface area contributed by atoms with Crippen molar-refractivity contribution in [3.63, 3.8) is 0 Å². The van der Waals surface area contributed by atoms with Gasteiger partial charge in [0.2, 0.25) is 0 Å². The third kappa shape index (κ3) is 4.37. The largest absolute Gasteiger partial charge is 0.334 e. The number of hydrogen-bond acceptors (Lipinski definition) is 2. The van der Waals surface area contributed by atoms with Crippen molar-refractivity contribution in [2.24, 2.45) is 0 Å². The number of aryl methyl sites for hydroxylation is 1. The Kier molecular flexibility index (Phi) is 5.49. The average Bonchev–Trinajstić information content (AvgIpc) is 2.61. The summed E-state index contributed by atoms with van der Waals surface area (Å²) in [6, 6.07) is 16.7. The van der Waals surface area contributed by atoms with E-state index in [4.69, 9.17) is 11.6 Å². The number of urea groups is 1. The minimum atomic E-state index is -0.384. The van der Waals surface area contributed by atoms with E-state index in [2.05, 4.69) is 15.6 Å². The molecule has 0 radical (unpaired) electrons. The van der Waals surface area contributed by atoms with Gasteiger partial charge in [0.1, 0.15) is 11.6 Å². The third-order valence-electron chi connectivity index (χ3n) is 3.85. The predicted octanol–water partition coefficient (Wildman–Crippen LogP) is 5.17. The van der Waals surface area contributed by atoms with Crippen LogP contribution in [0.15, 0.2) is 60.7 Å². The molecule has 0 saturated heterocycles. The zero-order chi connectivity index (χ0) is 18.5. The monoisotopic (exact) mass is 369 g/mol. The molecule has 0 spiro atoms. The molecule has 1 heterocycles. The molecule has 0 aliphatic heterocycles. The van der Waals surface area contributed by atoms with Gasteiger partial charge in [-0.1, -0.05) is 35.9 Å². The molecular weight excluding hydrogens is 353 g/mol. The molecule has 3 aromatic rings. The quantitative estimate of drug-likeness (QED) is 0.666. The van der Waals surface area contributed by atoms with Gasteiger partial charge in [0, 0.05) is 17.1 Å². The highest BCUT2D eigenvalue weighted by Gasteiger charge is 2.08. The number of carbonyl (C=O) groups is 1. The van der Waals surface area contributed by atoms with Crippen molar-refractivity contribution in [1.82, 2.24) is 10.3 Å². The maximum Gasteiger partial charge on any atom is 0.320 e. The summed E-state index contributed by atoms with van der Waals surface area (Å²) in [6.07, 6.45) is 0.